The van der Waals surface area contributed by atoms with Gasteiger partial charge >= 0.3 is 0 Å². The van der Waals surface area contributed by atoms with Gasteiger partial charge in [0.15, 0.2) is 0 Å². The van der Waals surface area contributed by atoms with Gasteiger partial charge < -0.3 is 5.11 Å². The second-order valence-corrected chi connectivity index (χ2v) is 9.83. The lowest BCUT2D eigenvalue weighted by Gasteiger charge is -2.11. The fourth-order valence-electron chi connectivity index (χ4n) is 2.86. The Kier molecular flexibility index (Phi) is 5.66. The summed E-state index contributed by atoms with van der Waals surface area (Å²) in [6, 6.07) is 19.5. The van der Waals surface area contributed by atoms with Gasteiger partial charge in [0.25, 0.3) is 0 Å². The van der Waals surface area contributed by atoms with E-state index < -0.39 is 25.6 Å². The number of benzene rings is 3. The maximum absolute atomic E-state index is 13.0. The van der Waals surface area contributed by atoms with E-state index in [2.05, 4.69) is 0 Å². The number of aliphatic hydroxyl groups is 1. The third-order valence-corrected chi connectivity index (χ3v) is 6.84. The van der Waals surface area contributed by atoms with Crippen LogP contribution < -0.4 is 5.14 Å². The maximum atomic E-state index is 13.0. The molecule has 0 unspecified atom stereocenters. The van der Waals surface area contributed by atoms with Gasteiger partial charge in [0.05, 0.1) is 22.2 Å². The van der Waals surface area contributed by atoms with Gasteiger partial charge in [0.2, 0.25) is 19.9 Å². The highest BCUT2D eigenvalue weighted by atomic mass is 32.2. The Morgan fingerprint density at radius 2 is 1.29 bits per heavy atom. The summed E-state index contributed by atoms with van der Waals surface area (Å²) in [6.45, 7) is -0.0462. The first-order chi connectivity index (χ1) is 13.2. The number of nitrogens with two attached hydrogens (primary N) is 1. The molecule has 0 heterocycles. The van der Waals surface area contributed by atoms with Gasteiger partial charge in [-0.25, -0.2) is 22.0 Å². The first-order valence-electron chi connectivity index (χ1n) is 8.34. The summed E-state index contributed by atoms with van der Waals surface area (Å²) in [5, 5.41) is 14.2. The van der Waals surface area contributed by atoms with Crippen LogP contribution in [-0.4, -0.2) is 21.9 Å². The van der Waals surface area contributed by atoms with Crippen LogP contribution >= 0.6 is 0 Å². The van der Waals surface area contributed by atoms with E-state index in [1.165, 1.54) is 30.3 Å². The summed E-state index contributed by atoms with van der Waals surface area (Å²) in [5.74, 6) is -0.558. The number of primary sulfonamides is 1. The first kappa shape index (κ1) is 20.2. The molecule has 0 aromatic heterocycles. The van der Waals surface area contributed by atoms with Crippen LogP contribution in [0.15, 0.2) is 82.6 Å². The molecule has 0 fully saturated rings. The molecule has 0 saturated carbocycles. The molecule has 0 radical (unpaired) electrons. The van der Waals surface area contributed by atoms with Gasteiger partial charge in [-0.15, -0.1) is 0 Å². The summed E-state index contributed by atoms with van der Waals surface area (Å²) in [7, 11) is -7.78. The quantitative estimate of drug-likeness (QED) is 0.639. The van der Waals surface area contributed by atoms with E-state index in [4.69, 9.17) is 10.2 Å². The molecule has 3 rings (SSSR count). The van der Waals surface area contributed by atoms with Gasteiger partial charge in [0, 0.05) is 0 Å². The zero-order valence-electron chi connectivity index (χ0n) is 14.8. The number of sulfonamides is 1. The van der Waals surface area contributed by atoms with Crippen LogP contribution in [0.4, 0.5) is 0 Å². The minimum absolute atomic E-state index is 0.0462. The van der Waals surface area contributed by atoms with E-state index in [0.717, 1.165) is 16.7 Å². The molecule has 0 aliphatic heterocycles. The van der Waals surface area contributed by atoms with Crippen molar-refractivity contribution in [3.05, 3.63) is 83.9 Å². The molecule has 0 saturated heterocycles. The molecule has 3 N–H and O–H groups in total. The molecule has 6 nitrogen and oxygen atoms in total. The third-order valence-electron chi connectivity index (χ3n) is 4.25. The molecule has 0 bridgehead atoms. The van der Waals surface area contributed by atoms with Crippen molar-refractivity contribution in [1.29, 1.82) is 0 Å². The Morgan fingerprint density at radius 1 is 0.750 bits per heavy atom. The smallest absolute Gasteiger partial charge is 0.213 e. The van der Waals surface area contributed by atoms with Gasteiger partial charge in [-0.2, -0.15) is 0 Å². The topological polar surface area (TPSA) is 115 Å². The number of hydrogen-bond donors (Lipinski definition) is 2. The predicted molar refractivity (Wildman–Crippen MR) is 107 cm³/mol. The monoisotopic (exact) mass is 417 g/mol. The highest BCUT2D eigenvalue weighted by Gasteiger charge is 2.22. The molecule has 0 amide bonds. The summed E-state index contributed by atoms with van der Waals surface area (Å²) < 4.78 is 48.9. The number of sulfone groups is 1. The van der Waals surface area contributed by atoms with Crippen LogP contribution in [0.25, 0.3) is 11.1 Å². The summed E-state index contributed by atoms with van der Waals surface area (Å²) in [4.78, 5) is -0.0193. The van der Waals surface area contributed by atoms with Crippen molar-refractivity contribution in [3.63, 3.8) is 0 Å². The van der Waals surface area contributed by atoms with Gasteiger partial charge in [-0.05, 0) is 40.5 Å². The highest BCUT2D eigenvalue weighted by molar-refractivity contribution is 7.91. The SMILES string of the molecule is NS(=O)(=O)Cc1ccccc1S(=O)(=O)c1ccc(-c2ccc(CO)cc2)cc1. The Hall–Kier alpha value is -2.52. The van der Waals surface area contributed by atoms with Crippen molar-refractivity contribution in [1.82, 2.24) is 0 Å². The first-order valence-corrected chi connectivity index (χ1v) is 11.5. The van der Waals surface area contributed by atoms with Crippen molar-refractivity contribution >= 4 is 19.9 Å². The van der Waals surface area contributed by atoms with E-state index >= 15 is 0 Å². The van der Waals surface area contributed by atoms with Crippen LogP contribution in [0, 0.1) is 0 Å². The standard InChI is InChI=1S/C20H19NO5S2/c21-27(23,24)14-18-3-1-2-4-20(18)28(25,26)19-11-9-17(10-12-19)16-7-5-15(13-22)6-8-16/h1-12,22H,13-14H2,(H2,21,23,24). The second kappa shape index (κ2) is 7.84. The Balaban J connectivity index is 1.97. The van der Waals surface area contributed by atoms with Crippen molar-refractivity contribution < 1.29 is 21.9 Å². The Labute approximate surface area is 164 Å². The number of aliphatic hydroxyl groups excluding tert-OH is 1. The average molecular weight is 418 g/mol. The molecular weight excluding hydrogens is 398 g/mol. The fourth-order valence-corrected chi connectivity index (χ4v) is 5.13. The highest BCUT2D eigenvalue weighted by Crippen LogP contribution is 2.28. The van der Waals surface area contributed by atoms with E-state index in [-0.39, 0.29) is 22.0 Å². The molecule has 0 aliphatic rings. The fraction of sp³-hybridized carbons (Fsp3) is 0.100. The van der Waals surface area contributed by atoms with E-state index in [1.54, 1.807) is 30.3 Å². The predicted octanol–water partition coefficient (Wildman–Crippen LogP) is 2.47. The average Bonchev–Trinajstić information content (AvgIpc) is 2.67. The molecule has 28 heavy (non-hydrogen) atoms. The molecular formula is C20H19NO5S2. The minimum atomic E-state index is -3.90. The maximum Gasteiger partial charge on any atom is 0.213 e. The van der Waals surface area contributed by atoms with Crippen LogP contribution in [0.5, 0.6) is 0 Å². The van der Waals surface area contributed by atoms with Crippen molar-refractivity contribution in [2.24, 2.45) is 5.14 Å². The second-order valence-electron chi connectivity index (χ2n) is 6.30. The van der Waals surface area contributed by atoms with E-state index in [9.17, 15) is 16.8 Å². The van der Waals surface area contributed by atoms with Gasteiger partial charge in [0.1, 0.15) is 0 Å². The number of rotatable bonds is 6. The summed E-state index contributed by atoms with van der Waals surface area (Å²) >= 11 is 0. The molecule has 0 spiro atoms. The zero-order valence-corrected chi connectivity index (χ0v) is 16.4. The molecule has 146 valence electrons. The molecule has 0 aliphatic carbocycles. The third kappa shape index (κ3) is 4.48. The van der Waals surface area contributed by atoms with Crippen molar-refractivity contribution in [2.45, 2.75) is 22.2 Å². The molecule has 0 atom stereocenters. The lowest BCUT2D eigenvalue weighted by molar-refractivity contribution is 0.282. The summed E-state index contributed by atoms with van der Waals surface area (Å²) in [6.07, 6.45) is 0. The van der Waals surface area contributed by atoms with Crippen LogP contribution in [-0.2, 0) is 32.2 Å². The van der Waals surface area contributed by atoms with E-state index in [1.807, 2.05) is 12.1 Å². The molecule has 3 aromatic rings. The van der Waals surface area contributed by atoms with Crippen molar-refractivity contribution in [3.8, 4) is 11.1 Å². The van der Waals surface area contributed by atoms with Crippen molar-refractivity contribution in [2.75, 3.05) is 0 Å². The normalized spacial score (nSPS) is 12.1. The van der Waals surface area contributed by atoms with E-state index in [0.29, 0.717) is 0 Å². The van der Waals surface area contributed by atoms with Gasteiger partial charge in [-0.3, -0.25) is 0 Å². The van der Waals surface area contributed by atoms with Crippen LogP contribution in [0.3, 0.4) is 0 Å². The van der Waals surface area contributed by atoms with Crippen LogP contribution in [0.2, 0.25) is 0 Å². The zero-order chi connectivity index (χ0) is 20.4. The minimum Gasteiger partial charge on any atom is -0.392 e. The lowest BCUT2D eigenvalue weighted by atomic mass is 10.0. The summed E-state index contributed by atoms with van der Waals surface area (Å²) in [5.41, 5.74) is 2.63. The Bertz CT molecular complexity index is 1180. The molecule has 3 aromatic carbocycles. The molecule has 8 heteroatoms. The largest absolute Gasteiger partial charge is 0.392 e. The van der Waals surface area contributed by atoms with Crippen LogP contribution in [0.1, 0.15) is 11.1 Å². The van der Waals surface area contributed by atoms with Gasteiger partial charge in [-0.1, -0.05) is 54.6 Å². The Morgan fingerprint density at radius 3 is 1.82 bits per heavy atom. The number of hydrogen-bond acceptors (Lipinski definition) is 5. The lowest BCUT2D eigenvalue weighted by Crippen LogP contribution is -2.16.